The van der Waals surface area contributed by atoms with Gasteiger partial charge in [-0.1, -0.05) is 35.0 Å². The molecule has 2 heterocycles. The van der Waals surface area contributed by atoms with Gasteiger partial charge in [0.05, 0.1) is 28.0 Å². The van der Waals surface area contributed by atoms with Crippen molar-refractivity contribution in [2.24, 2.45) is 5.10 Å². The van der Waals surface area contributed by atoms with E-state index >= 15 is 0 Å². The lowest BCUT2D eigenvalue weighted by molar-refractivity contribution is -0.384. The Labute approximate surface area is 234 Å². The van der Waals surface area contributed by atoms with E-state index in [1.807, 2.05) is 0 Å². The van der Waals surface area contributed by atoms with Crippen LogP contribution in [0.3, 0.4) is 0 Å². The number of amides is 1. The zero-order chi connectivity index (χ0) is 26.8. The molecule has 9 nitrogen and oxygen atoms in total. The zero-order valence-corrected chi connectivity index (χ0v) is 22.8. The van der Waals surface area contributed by atoms with Gasteiger partial charge in [0.15, 0.2) is 5.16 Å². The average Bonchev–Trinajstić information content (AvgIpc) is 3.28. The number of aromatic nitrogens is 2. The van der Waals surface area contributed by atoms with Crippen LogP contribution >= 0.6 is 46.3 Å². The number of fused-ring (bicyclic) bond motifs is 3. The molecule has 4 aromatic rings. The first-order chi connectivity index (χ1) is 18.3. The molecule has 0 unspecified atom stereocenters. The summed E-state index contributed by atoms with van der Waals surface area (Å²) in [5.41, 5.74) is 4.05. The summed E-state index contributed by atoms with van der Waals surface area (Å²) in [5, 5.41) is 16.7. The van der Waals surface area contributed by atoms with Gasteiger partial charge in [-0.15, -0.1) is 11.3 Å². The Kier molecular flexibility index (Phi) is 7.80. The second-order valence-corrected chi connectivity index (χ2v) is 11.3. The maximum atomic E-state index is 13.7. The fraction of sp³-hybridized carbons (Fsp3) is 0.200. The van der Waals surface area contributed by atoms with Crippen LogP contribution in [0.4, 0.5) is 5.69 Å². The van der Waals surface area contributed by atoms with Gasteiger partial charge >= 0.3 is 0 Å². The molecule has 0 bridgehead atoms. The van der Waals surface area contributed by atoms with Gasteiger partial charge in [-0.3, -0.25) is 24.3 Å². The van der Waals surface area contributed by atoms with Crippen molar-refractivity contribution in [3.63, 3.8) is 0 Å². The van der Waals surface area contributed by atoms with Crippen LogP contribution in [-0.2, 0) is 17.6 Å². The maximum absolute atomic E-state index is 13.7. The SMILES string of the molecule is O=C(CSc1nc2sc3c(c2c(=O)n1-c1ccc(Cl)cc1)CCCC3)NN=Cc1cc([N+](=O)[O-])ccc1Cl. The van der Waals surface area contributed by atoms with Crippen molar-refractivity contribution < 1.29 is 9.72 Å². The minimum absolute atomic E-state index is 0.0728. The predicted octanol–water partition coefficient (Wildman–Crippen LogP) is 5.78. The normalized spacial score (nSPS) is 13.1. The number of nitro groups is 1. The molecule has 2 aromatic heterocycles. The Balaban J connectivity index is 1.40. The molecule has 194 valence electrons. The van der Waals surface area contributed by atoms with E-state index in [4.69, 9.17) is 28.2 Å². The van der Waals surface area contributed by atoms with Crippen molar-refractivity contribution in [1.29, 1.82) is 0 Å². The third kappa shape index (κ3) is 5.46. The highest BCUT2D eigenvalue weighted by Gasteiger charge is 2.23. The Hall–Kier alpha value is -3.25. The van der Waals surface area contributed by atoms with Gasteiger partial charge in [-0.2, -0.15) is 5.10 Å². The van der Waals surface area contributed by atoms with Crippen LogP contribution in [0.25, 0.3) is 15.9 Å². The number of halogens is 2. The van der Waals surface area contributed by atoms with Gasteiger partial charge in [0.2, 0.25) is 0 Å². The Bertz CT molecular complexity index is 1650. The molecule has 0 saturated carbocycles. The molecular formula is C25H19Cl2N5O4S2. The van der Waals surface area contributed by atoms with Crippen molar-refractivity contribution in [3.8, 4) is 5.69 Å². The van der Waals surface area contributed by atoms with Crippen LogP contribution in [-0.4, -0.2) is 32.3 Å². The summed E-state index contributed by atoms with van der Waals surface area (Å²) >= 11 is 14.8. The topological polar surface area (TPSA) is 119 Å². The molecule has 0 aliphatic heterocycles. The maximum Gasteiger partial charge on any atom is 0.270 e. The number of carbonyl (C=O) groups excluding carboxylic acids is 1. The standard InChI is InChI=1S/C25H19Cl2N5O4S2/c26-15-5-7-16(8-6-15)31-24(34)22-18-3-1-2-4-20(18)38-23(22)29-25(31)37-13-21(33)30-28-12-14-11-17(32(35)36)9-10-19(14)27/h5-12H,1-4,13H2,(H,30,33). The summed E-state index contributed by atoms with van der Waals surface area (Å²) < 4.78 is 1.52. The van der Waals surface area contributed by atoms with E-state index < -0.39 is 10.8 Å². The van der Waals surface area contributed by atoms with Gasteiger partial charge in [0, 0.05) is 32.6 Å². The number of hydrazone groups is 1. The number of thioether (sulfide) groups is 1. The molecule has 2 aromatic carbocycles. The van der Waals surface area contributed by atoms with E-state index in [1.54, 1.807) is 35.6 Å². The van der Waals surface area contributed by atoms with Crippen molar-refractivity contribution in [2.45, 2.75) is 30.8 Å². The first-order valence-electron chi connectivity index (χ1n) is 11.5. The molecule has 38 heavy (non-hydrogen) atoms. The van der Waals surface area contributed by atoms with Gasteiger partial charge in [0.1, 0.15) is 4.83 Å². The highest BCUT2D eigenvalue weighted by Crippen LogP contribution is 2.35. The fourth-order valence-corrected chi connectivity index (χ4v) is 6.58. The molecule has 0 saturated heterocycles. The quantitative estimate of drug-likeness (QED) is 0.0961. The number of rotatable bonds is 7. The van der Waals surface area contributed by atoms with Crippen LogP contribution in [0.5, 0.6) is 0 Å². The molecule has 1 aliphatic rings. The molecule has 1 N–H and O–H groups in total. The van der Waals surface area contributed by atoms with Crippen molar-refractivity contribution >= 4 is 74.3 Å². The summed E-state index contributed by atoms with van der Waals surface area (Å²) in [6.07, 6.45) is 5.16. The lowest BCUT2D eigenvalue weighted by Gasteiger charge is -2.13. The third-order valence-electron chi connectivity index (χ3n) is 5.96. The number of hydrogen-bond acceptors (Lipinski definition) is 8. The van der Waals surface area contributed by atoms with E-state index in [1.165, 1.54) is 33.9 Å². The number of benzene rings is 2. The van der Waals surface area contributed by atoms with Crippen molar-refractivity contribution in [2.75, 3.05) is 5.75 Å². The van der Waals surface area contributed by atoms with Crippen LogP contribution < -0.4 is 11.0 Å². The van der Waals surface area contributed by atoms with E-state index in [0.717, 1.165) is 43.0 Å². The summed E-state index contributed by atoms with van der Waals surface area (Å²) in [7, 11) is 0. The average molecular weight is 588 g/mol. The lowest BCUT2D eigenvalue weighted by atomic mass is 9.97. The van der Waals surface area contributed by atoms with Crippen molar-refractivity contribution in [1.82, 2.24) is 15.0 Å². The number of nitro benzene ring substituents is 1. The van der Waals surface area contributed by atoms with Crippen LogP contribution in [0.2, 0.25) is 10.0 Å². The van der Waals surface area contributed by atoms with Crippen LogP contribution in [0.15, 0.2) is 57.5 Å². The molecule has 0 atom stereocenters. The number of aryl methyl sites for hydroxylation is 2. The summed E-state index contributed by atoms with van der Waals surface area (Å²) in [6, 6.07) is 10.8. The fourth-order valence-electron chi connectivity index (χ4n) is 4.18. The minimum Gasteiger partial charge on any atom is -0.272 e. The van der Waals surface area contributed by atoms with Crippen LogP contribution in [0, 0.1) is 10.1 Å². The molecular weight excluding hydrogens is 569 g/mol. The molecule has 0 spiro atoms. The van der Waals surface area contributed by atoms with E-state index in [0.29, 0.717) is 31.6 Å². The van der Waals surface area contributed by atoms with E-state index in [2.05, 4.69) is 10.5 Å². The molecule has 13 heteroatoms. The monoisotopic (exact) mass is 587 g/mol. The number of thiophene rings is 1. The van der Waals surface area contributed by atoms with E-state index in [-0.39, 0.29) is 22.0 Å². The first-order valence-corrected chi connectivity index (χ1v) is 14.1. The largest absolute Gasteiger partial charge is 0.272 e. The lowest BCUT2D eigenvalue weighted by Crippen LogP contribution is -2.24. The first kappa shape index (κ1) is 26.4. The molecule has 1 amide bonds. The minimum atomic E-state index is -0.545. The number of non-ortho nitro benzene ring substituents is 1. The van der Waals surface area contributed by atoms with Crippen LogP contribution in [0.1, 0.15) is 28.8 Å². The molecule has 5 rings (SSSR count). The number of carbonyl (C=O) groups is 1. The molecule has 0 radical (unpaired) electrons. The number of nitrogens with one attached hydrogen (secondary N) is 1. The Morgan fingerprint density at radius 2 is 1.97 bits per heavy atom. The molecule has 0 fully saturated rings. The Morgan fingerprint density at radius 1 is 1.21 bits per heavy atom. The zero-order valence-electron chi connectivity index (χ0n) is 19.6. The van der Waals surface area contributed by atoms with Crippen molar-refractivity contribution in [3.05, 3.63) is 89.0 Å². The smallest absolute Gasteiger partial charge is 0.270 e. The highest BCUT2D eigenvalue weighted by atomic mass is 35.5. The van der Waals surface area contributed by atoms with Gasteiger partial charge in [0.25, 0.3) is 17.2 Å². The number of hydrogen-bond donors (Lipinski definition) is 1. The third-order valence-corrected chi connectivity index (χ3v) is 8.68. The number of nitrogens with zero attached hydrogens (tertiary/aromatic N) is 4. The van der Waals surface area contributed by atoms with E-state index in [9.17, 15) is 19.7 Å². The second kappa shape index (κ2) is 11.2. The van der Waals surface area contributed by atoms with Gasteiger partial charge in [-0.05, 0) is 61.6 Å². The molecule has 1 aliphatic carbocycles. The second-order valence-electron chi connectivity index (χ2n) is 8.45. The van der Waals surface area contributed by atoms with Gasteiger partial charge < -0.3 is 0 Å². The Morgan fingerprint density at radius 3 is 2.74 bits per heavy atom. The highest BCUT2D eigenvalue weighted by molar-refractivity contribution is 7.99. The summed E-state index contributed by atoms with van der Waals surface area (Å²) in [6.45, 7) is 0. The summed E-state index contributed by atoms with van der Waals surface area (Å²) in [5.74, 6) is -0.522. The van der Waals surface area contributed by atoms with Gasteiger partial charge in [-0.25, -0.2) is 10.4 Å². The predicted molar refractivity (Wildman–Crippen MR) is 151 cm³/mol. The summed E-state index contributed by atoms with van der Waals surface area (Å²) in [4.78, 5) is 43.4.